The fourth-order valence-electron chi connectivity index (χ4n) is 5.17. The van der Waals surface area contributed by atoms with E-state index >= 15 is 0 Å². The second kappa shape index (κ2) is 12.0. The number of Topliss-reactive ketones (excluding diaryl/α,β-unsaturated/α-hetero) is 1. The smallest absolute Gasteiger partial charge is 0.234 e. The van der Waals surface area contributed by atoms with E-state index in [1.165, 1.54) is 30.2 Å². The highest BCUT2D eigenvalue weighted by Gasteiger charge is 2.45. The number of carbonyl (C=O) groups is 2. The molecule has 0 radical (unpaired) electrons. The number of hydrogen-bond acceptors (Lipinski definition) is 10. The van der Waals surface area contributed by atoms with Crippen LogP contribution in [0.5, 0.6) is 5.75 Å². The normalized spacial score (nSPS) is 18.0. The number of ketones is 1. The lowest BCUT2D eigenvalue weighted by molar-refractivity contribution is -0.118. The molecule has 1 aliphatic carbocycles. The Kier molecular flexibility index (Phi) is 8.53. The molecule has 1 unspecified atom stereocenters. The van der Waals surface area contributed by atoms with E-state index in [-0.39, 0.29) is 34.3 Å². The summed E-state index contributed by atoms with van der Waals surface area (Å²) in [5, 5.41) is 22.8. The lowest BCUT2D eigenvalue weighted by Crippen LogP contribution is -2.42. The molecule has 1 aliphatic heterocycles. The monoisotopic (exact) mass is 640 g/mol. The van der Waals surface area contributed by atoms with Gasteiger partial charge in [-0.3, -0.25) is 14.5 Å². The number of ether oxygens (including phenoxy) is 1. The van der Waals surface area contributed by atoms with Gasteiger partial charge in [0.05, 0.1) is 46.2 Å². The molecule has 0 fully saturated rings. The van der Waals surface area contributed by atoms with E-state index in [0.717, 1.165) is 0 Å². The van der Waals surface area contributed by atoms with Crippen molar-refractivity contribution in [3.05, 3.63) is 80.7 Å². The van der Waals surface area contributed by atoms with Gasteiger partial charge in [-0.1, -0.05) is 78.3 Å². The minimum Gasteiger partial charge on any atom is -0.495 e. The molecule has 1 atom stereocenters. The quantitative estimate of drug-likeness (QED) is 0.276. The summed E-state index contributed by atoms with van der Waals surface area (Å²) in [5.74, 6) is -0.197. The van der Waals surface area contributed by atoms with Gasteiger partial charge in [-0.05, 0) is 41.7 Å². The fraction of sp³-hybridized carbons (Fsp3) is 0.276. The third kappa shape index (κ3) is 5.85. The Labute approximate surface area is 261 Å². The van der Waals surface area contributed by atoms with Crippen LogP contribution in [0.4, 0.5) is 10.8 Å². The number of halogens is 2. The molecule has 5 rings (SSSR count). The summed E-state index contributed by atoms with van der Waals surface area (Å²) in [6.07, 6.45) is 0.837. The second-order valence-corrected chi connectivity index (χ2v) is 13.5. The number of methoxy groups -OCH3 is 1. The van der Waals surface area contributed by atoms with Gasteiger partial charge in [-0.2, -0.15) is 5.26 Å². The fourth-order valence-corrected chi connectivity index (χ4v) is 7.15. The summed E-state index contributed by atoms with van der Waals surface area (Å²) in [7, 11) is 1.54. The Morgan fingerprint density at radius 2 is 2.00 bits per heavy atom. The minimum absolute atomic E-state index is 0.0744. The predicted molar refractivity (Wildman–Crippen MR) is 166 cm³/mol. The van der Waals surface area contributed by atoms with Crippen LogP contribution in [0.1, 0.15) is 38.2 Å². The molecule has 0 spiro atoms. The van der Waals surface area contributed by atoms with Crippen molar-refractivity contribution in [2.75, 3.05) is 23.1 Å². The van der Waals surface area contributed by atoms with Crippen LogP contribution in [0.3, 0.4) is 0 Å². The first-order valence-electron chi connectivity index (χ1n) is 12.8. The number of benzene rings is 2. The van der Waals surface area contributed by atoms with Crippen molar-refractivity contribution < 1.29 is 14.3 Å². The van der Waals surface area contributed by atoms with Crippen LogP contribution in [-0.2, 0) is 9.59 Å². The first-order valence-corrected chi connectivity index (χ1v) is 15.4. The van der Waals surface area contributed by atoms with Gasteiger partial charge in [0.1, 0.15) is 11.6 Å². The van der Waals surface area contributed by atoms with Gasteiger partial charge in [0.2, 0.25) is 11.0 Å². The van der Waals surface area contributed by atoms with Gasteiger partial charge < -0.3 is 15.8 Å². The minimum atomic E-state index is -0.694. The van der Waals surface area contributed by atoms with E-state index in [2.05, 4.69) is 21.6 Å². The number of allylic oxidation sites excluding steroid dienone is 3. The van der Waals surface area contributed by atoms with Crippen molar-refractivity contribution in [3.8, 4) is 11.8 Å². The summed E-state index contributed by atoms with van der Waals surface area (Å²) in [5.41, 5.74) is 8.92. The average molecular weight is 642 g/mol. The van der Waals surface area contributed by atoms with Crippen molar-refractivity contribution in [2.24, 2.45) is 11.1 Å². The molecule has 2 aliphatic rings. The van der Waals surface area contributed by atoms with E-state index in [0.29, 0.717) is 60.6 Å². The van der Waals surface area contributed by atoms with Crippen molar-refractivity contribution in [1.82, 2.24) is 10.2 Å². The van der Waals surface area contributed by atoms with Gasteiger partial charge in [0.25, 0.3) is 0 Å². The number of amides is 1. The van der Waals surface area contributed by atoms with Crippen LogP contribution in [0, 0.1) is 16.7 Å². The average Bonchev–Trinajstić information content (AvgIpc) is 3.41. The number of anilines is 2. The number of thioether (sulfide) groups is 1. The molecule has 1 amide bonds. The maximum atomic E-state index is 13.7. The highest BCUT2D eigenvalue weighted by molar-refractivity contribution is 8.01. The molecule has 3 N–H and O–H groups in total. The molecular formula is C29H26Cl2N6O3S2. The number of nitriles is 1. The lowest BCUT2D eigenvalue weighted by Gasteiger charge is -2.42. The second-order valence-electron chi connectivity index (χ2n) is 10.5. The van der Waals surface area contributed by atoms with Crippen LogP contribution < -0.4 is 20.7 Å². The zero-order valence-electron chi connectivity index (χ0n) is 22.9. The number of rotatable bonds is 7. The molecule has 0 saturated carbocycles. The van der Waals surface area contributed by atoms with Crippen LogP contribution >= 0.6 is 46.3 Å². The third-order valence-electron chi connectivity index (χ3n) is 6.95. The molecule has 2 aromatic carbocycles. The van der Waals surface area contributed by atoms with Crippen molar-refractivity contribution in [1.29, 1.82) is 5.26 Å². The predicted octanol–water partition coefficient (Wildman–Crippen LogP) is 6.53. The third-order valence-corrected chi connectivity index (χ3v) is 9.73. The molecule has 216 valence electrons. The molecule has 1 aromatic heterocycles. The van der Waals surface area contributed by atoms with E-state index in [9.17, 15) is 14.9 Å². The molecule has 42 heavy (non-hydrogen) atoms. The maximum absolute atomic E-state index is 13.7. The van der Waals surface area contributed by atoms with E-state index in [4.69, 9.17) is 33.7 Å². The van der Waals surface area contributed by atoms with Crippen molar-refractivity contribution in [2.45, 2.75) is 36.9 Å². The van der Waals surface area contributed by atoms with Gasteiger partial charge in [0.15, 0.2) is 10.1 Å². The van der Waals surface area contributed by atoms with Crippen LogP contribution in [-0.4, -0.2) is 34.8 Å². The van der Waals surface area contributed by atoms with Crippen molar-refractivity contribution >= 4 is 68.8 Å². The highest BCUT2D eigenvalue weighted by Crippen LogP contribution is 2.51. The summed E-state index contributed by atoms with van der Waals surface area (Å²) in [6.45, 7) is 4.03. The number of para-hydroxylation sites is 2. The molecule has 9 nitrogen and oxygen atoms in total. The van der Waals surface area contributed by atoms with Crippen LogP contribution in [0.15, 0.2) is 69.5 Å². The number of nitrogens with one attached hydrogen (secondary N) is 1. The summed E-state index contributed by atoms with van der Waals surface area (Å²) in [6, 6.07) is 14.4. The number of nitrogens with zero attached hydrogens (tertiary/aromatic N) is 4. The van der Waals surface area contributed by atoms with Gasteiger partial charge in [0, 0.05) is 17.7 Å². The first kappa shape index (κ1) is 29.9. The highest BCUT2D eigenvalue weighted by atomic mass is 35.5. The zero-order chi connectivity index (χ0) is 30.2. The van der Waals surface area contributed by atoms with E-state index in [1.54, 1.807) is 41.3 Å². The van der Waals surface area contributed by atoms with Crippen LogP contribution in [0.25, 0.3) is 0 Å². The molecule has 3 aromatic rings. The molecule has 0 bridgehead atoms. The Morgan fingerprint density at radius 1 is 1.24 bits per heavy atom. The van der Waals surface area contributed by atoms with Crippen LogP contribution in [0.2, 0.25) is 10.0 Å². The zero-order valence-corrected chi connectivity index (χ0v) is 26.0. The van der Waals surface area contributed by atoms with E-state index < -0.39 is 5.92 Å². The Morgan fingerprint density at radius 3 is 2.71 bits per heavy atom. The largest absolute Gasteiger partial charge is 0.495 e. The summed E-state index contributed by atoms with van der Waals surface area (Å²) in [4.78, 5) is 28.0. The SMILES string of the molecule is COc1ccccc1NC(=O)CSc1nnc(N2C(N)=C(C#N)C(c3ccc(Cl)c(Cl)c3)C3=C2CC(C)(C)CC3=O)s1. The van der Waals surface area contributed by atoms with E-state index in [1.807, 2.05) is 19.9 Å². The topological polar surface area (TPSA) is 134 Å². The first-order chi connectivity index (χ1) is 20.0. The lowest BCUT2D eigenvalue weighted by atomic mass is 9.69. The molecular weight excluding hydrogens is 615 g/mol. The maximum Gasteiger partial charge on any atom is 0.234 e. The van der Waals surface area contributed by atoms with Gasteiger partial charge >= 0.3 is 0 Å². The van der Waals surface area contributed by atoms with Crippen molar-refractivity contribution in [3.63, 3.8) is 0 Å². The Hall–Kier alpha value is -3.56. The van der Waals surface area contributed by atoms with Gasteiger partial charge in [-0.15, -0.1) is 10.2 Å². The van der Waals surface area contributed by atoms with Gasteiger partial charge in [-0.25, -0.2) is 0 Å². The Balaban J connectivity index is 1.47. The summed E-state index contributed by atoms with van der Waals surface area (Å²) < 4.78 is 5.82. The number of nitrogens with two attached hydrogens (primary N) is 1. The molecule has 13 heteroatoms. The Bertz CT molecular complexity index is 1690. The number of hydrogen-bond donors (Lipinski definition) is 2. The summed E-state index contributed by atoms with van der Waals surface area (Å²) >= 11 is 14.9. The molecule has 0 saturated heterocycles. The number of carbonyl (C=O) groups excluding carboxylic acids is 2. The standard InChI is InChI=1S/C29H26Cl2N6O3S2/c1-29(2)11-20-25(21(38)12-29)24(15-8-9-17(30)18(31)10-15)16(13-32)26(33)37(20)27-35-36-28(42-27)41-14-23(39)34-19-6-4-5-7-22(19)40-3/h4-10,24H,11-12,14,33H2,1-3H3,(H,34,39). The molecule has 2 heterocycles. The number of aromatic nitrogens is 2.